The van der Waals surface area contributed by atoms with Crippen LogP contribution in [0.3, 0.4) is 0 Å². The monoisotopic (exact) mass is 485 g/mol. The second-order valence-electron chi connectivity index (χ2n) is 7.56. The number of aromatic amines is 1. The second kappa shape index (κ2) is 8.58. The summed E-state index contributed by atoms with van der Waals surface area (Å²) in [6, 6.07) is 6.08. The van der Waals surface area contributed by atoms with Gasteiger partial charge in [0.1, 0.15) is 6.61 Å². The molecule has 12 heteroatoms. The summed E-state index contributed by atoms with van der Waals surface area (Å²) in [4.78, 5) is 12.0. The number of carbonyl (C=O) groups excluding carboxylic acids is 1. The Morgan fingerprint density at radius 2 is 1.79 bits per heavy atom. The lowest BCUT2D eigenvalue weighted by Gasteiger charge is -2.23. The molecular formula is C22H17F6N3O3. The number of nitrogens with one attached hydrogen (secondary N) is 2. The molecule has 3 aromatic rings. The van der Waals surface area contributed by atoms with E-state index in [0.29, 0.717) is 17.4 Å². The Bertz CT molecular complexity index is 1220. The number of anilines is 1. The number of fused-ring (bicyclic) bond motifs is 1. The third-order valence-corrected chi connectivity index (χ3v) is 5.41. The molecule has 0 bridgehead atoms. The topological polar surface area (TPSA) is 76.2 Å². The van der Waals surface area contributed by atoms with Crippen LogP contribution in [-0.4, -0.2) is 23.2 Å². The predicted molar refractivity (Wildman–Crippen MR) is 107 cm³/mol. The molecule has 180 valence electrons. The average Bonchev–Trinajstić information content (AvgIpc) is 3.24. The van der Waals surface area contributed by atoms with Crippen molar-refractivity contribution in [3.63, 3.8) is 0 Å². The van der Waals surface area contributed by atoms with Crippen molar-refractivity contribution < 1.29 is 40.6 Å². The van der Waals surface area contributed by atoms with E-state index in [9.17, 15) is 31.1 Å². The maximum atomic E-state index is 13.4. The van der Waals surface area contributed by atoms with Crippen LogP contribution in [0.2, 0.25) is 0 Å². The fourth-order valence-corrected chi connectivity index (χ4v) is 3.76. The summed E-state index contributed by atoms with van der Waals surface area (Å²) in [7, 11) is 1.34. The highest BCUT2D eigenvalue weighted by molar-refractivity contribution is 5.94. The molecule has 2 aromatic carbocycles. The molecule has 0 unspecified atom stereocenters. The highest BCUT2D eigenvalue weighted by atomic mass is 19.4. The standard InChI is InChI=1S/C22H17F6N3O3/c1-33-18-6-11(14-8-19(32)30-20-15(14)9-29-31-20)3-5-17(18)34-10-12-2-4-13(21(23,24)25)7-16(12)22(26,27)28/h2-7,9,14H,8,10H2,1H3,(H2,29,30,31,32)/t14-/m0/s1. The number of rotatable bonds is 5. The minimum absolute atomic E-state index is 0.0651. The first-order valence-corrected chi connectivity index (χ1v) is 9.89. The van der Waals surface area contributed by atoms with Gasteiger partial charge in [0.05, 0.1) is 18.2 Å². The van der Waals surface area contributed by atoms with E-state index >= 15 is 0 Å². The van der Waals surface area contributed by atoms with Gasteiger partial charge in [0.2, 0.25) is 5.91 Å². The van der Waals surface area contributed by atoms with Crippen LogP contribution in [0.1, 0.15) is 40.2 Å². The van der Waals surface area contributed by atoms with E-state index in [1.807, 2.05) is 0 Å². The van der Waals surface area contributed by atoms with Crippen molar-refractivity contribution >= 4 is 11.7 Å². The Morgan fingerprint density at radius 1 is 1.03 bits per heavy atom. The number of benzene rings is 2. The number of nitrogens with zero attached hydrogens (tertiary/aromatic N) is 1. The zero-order valence-corrected chi connectivity index (χ0v) is 17.5. The lowest BCUT2D eigenvalue weighted by molar-refractivity contribution is -0.143. The number of hydrogen-bond acceptors (Lipinski definition) is 4. The molecule has 1 atom stereocenters. The number of aromatic nitrogens is 2. The van der Waals surface area contributed by atoms with Gasteiger partial charge in [-0.2, -0.15) is 31.4 Å². The average molecular weight is 485 g/mol. The molecule has 0 radical (unpaired) electrons. The van der Waals surface area contributed by atoms with Crippen molar-refractivity contribution in [1.29, 1.82) is 0 Å². The molecule has 0 fully saturated rings. The molecule has 0 saturated heterocycles. The van der Waals surface area contributed by atoms with Gasteiger partial charge >= 0.3 is 12.4 Å². The first-order valence-electron chi connectivity index (χ1n) is 9.89. The highest BCUT2D eigenvalue weighted by Crippen LogP contribution is 2.41. The number of hydrogen-bond donors (Lipinski definition) is 2. The number of methoxy groups -OCH3 is 1. The molecular weight excluding hydrogens is 468 g/mol. The Kier molecular flexibility index (Phi) is 5.92. The third kappa shape index (κ3) is 4.66. The number of ether oxygens (including phenoxy) is 2. The molecule has 0 saturated carbocycles. The van der Waals surface area contributed by atoms with Crippen LogP contribution in [0, 0.1) is 0 Å². The summed E-state index contributed by atoms with van der Waals surface area (Å²) in [5.74, 6) is 0.117. The molecule has 2 heterocycles. The maximum absolute atomic E-state index is 13.4. The van der Waals surface area contributed by atoms with Crippen LogP contribution >= 0.6 is 0 Å². The number of halogens is 6. The number of amides is 1. The molecule has 4 rings (SSSR count). The third-order valence-electron chi connectivity index (χ3n) is 5.41. The largest absolute Gasteiger partial charge is 0.493 e. The first kappa shape index (κ1) is 23.5. The van der Waals surface area contributed by atoms with Gasteiger partial charge in [-0.1, -0.05) is 12.1 Å². The number of carbonyl (C=O) groups is 1. The van der Waals surface area contributed by atoms with Gasteiger partial charge in [-0.25, -0.2) is 0 Å². The zero-order chi connectivity index (χ0) is 24.7. The van der Waals surface area contributed by atoms with Gasteiger partial charge < -0.3 is 14.8 Å². The molecule has 1 aromatic heterocycles. The Labute approximate surface area is 188 Å². The second-order valence-corrected chi connectivity index (χ2v) is 7.56. The van der Waals surface area contributed by atoms with Gasteiger partial charge in [0.25, 0.3) is 0 Å². The van der Waals surface area contributed by atoms with Crippen molar-refractivity contribution in [2.45, 2.75) is 31.3 Å². The van der Waals surface area contributed by atoms with E-state index < -0.39 is 35.6 Å². The van der Waals surface area contributed by atoms with Crippen molar-refractivity contribution in [2.75, 3.05) is 12.4 Å². The molecule has 0 aliphatic carbocycles. The highest BCUT2D eigenvalue weighted by Gasteiger charge is 2.38. The van der Waals surface area contributed by atoms with Crippen LogP contribution in [0.15, 0.2) is 42.6 Å². The van der Waals surface area contributed by atoms with Crippen LogP contribution in [0.5, 0.6) is 11.5 Å². The van der Waals surface area contributed by atoms with Crippen LogP contribution in [-0.2, 0) is 23.8 Å². The fourth-order valence-electron chi connectivity index (χ4n) is 3.76. The summed E-state index contributed by atoms with van der Waals surface area (Å²) >= 11 is 0. The quantitative estimate of drug-likeness (QED) is 0.468. The summed E-state index contributed by atoms with van der Waals surface area (Å²) in [5.41, 5.74) is -1.85. The summed E-state index contributed by atoms with van der Waals surface area (Å²) < 4.78 is 89.6. The molecule has 0 spiro atoms. The summed E-state index contributed by atoms with van der Waals surface area (Å²) in [6.45, 7) is -0.638. The van der Waals surface area contributed by atoms with Crippen LogP contribution in [0.4, 0.5) is 32.2 Å². The van der Waals surface area contributed by atoms with Crippen molar-refractivity contribution in [2.24, 2.45) is 0 Å². The molecule has 1 aliphatic rings. The van der Waals surface area contributed by atoms with E-state index in [-0.39, 0.29) is 35.8 Å². The Hall–Kier alpha value is -3.70. The lowest BCUT2D eigenvalue weighted by Crippen LogP contribution is -2.23. The van der Waals surface area contributed by atoms with Gasteiger partial charge in [-0.05, 0) is 29.8 Å². The number of H-pyrrole nitrogens is 1. The van der Waals surface area contributed by atoms with E-state index in [1.54, 1.807) is 18.3 Å². The normalized spacial score (nSPS) is 16.1. The van der Waals surface area contributed by atoms with E-state index in [0.717, 1.165) is 11.6 Å². The maximum Gasteiger partial charge on any atom is 0.416 e. The van der Waals surface area contributed by atoms with E-state index in [1.165, 1.54) is 13.2 Å². The van der Waals surface area contributed by atoms with Crippen molar-refractivity contribution in [1.82, 2.24) is 10.2 Å². The van der Waals surface area contributed by atoms with E-state index in [4.69, 9.17) is 9.47 Å². The first-order chi connectivity index (χ1) is 16.0. The number of alkyl halides is 6. The molecule has 2 N–H and O–H groups in total. The minimum atomic E-state index is -5.00. The van der Waals surface area contributed by atoms with Gasteiger partial charge in [-0.15, -0.1) is 0 Å². The Morgan fingerprint density at radius 3 is 2.47 bits per heavy atom. The predicted octanol–water partition coefficient (Wildman–Crippen LogP) is 5.51. The SMILES string of the molecule is COc1cc([C@@H]2CC(=O)Nc3n[nH]cc32)ccc1OCc1ccc(C(F)(F)F)cc1C(F)(F)F. The van der Waals surface area contributed by atoms with Gasteiger partial charge in [0, 0.05) is 29.7 Å². The van der Waals surface area contributed by atoms with Gasteiger partial charge in [-0.3, -0.25) is 9.89 Å². The molecule has 6 nitrogen and oxygen atoms in total. The molecule has 34 heavy (non-hydrogen) atoms. The molecule has 1 amide bonds. The zero-order valence-electron chi connectivity index (χ0n) is 17.5. The minimum Gasteiger partial charge on any atom is -0.493 e. The summed E-state index contributed by atoms with van der Waals surface area (Å²) in [5, 5.41) is 9.32. The fraction of sp³-hybridized carbons (Fsp3) is 0.273. The summed E-state index contributed by atoms with van der Waals surface area (Å²) in [6.07, 6.45) is -8.11. The van der Waals surface area contributed by atoms with Crippen LogP contribution < -0.4 is 14.8 Å². The van der Waals surface area contributed by atoms with E-state index in [2.05, 4.69) is 15.5 Å². The van der Waals surface area contributed by atoms with Crippen molar-refractivity contribution in [3.05, 3.63) is 70.4 Å². The smallest absolute Gasteiger partial charge is 0.416 e. The Balaban J connectivity index is 1.60. The lowest BCUT2D eigenvalue weighted by atomic mass is 9.87. The van der Waals surface area contributed by atoms with Gasteiger partial charge in [0.15, 0.2) is 17.3 Å². The van der Waals surface area contributed by atoms with Crippen molar-refractivity contribution in [3.8, 4) is 11.5 Å². The molecule has 1 aliphatic heterocycles. The van der Waals surface area contributed by atoms with Crippen LogP contribution in [0.25, 0.3) is 0 Å².